The number of aromatic nitrogens is 3. The zero-order valence-electron chi connectivity index (χ0n) is 14.9. The number of ketones is 1. The van der Waals surface area contributed by atoms with Crippen molar-refractivity contribution in [1.29, 1.82) is 0 Å². The molecule has 0 saturated heterocycles. The third-order valence-electron chi connectivity index (χ3n) is 4.30. The number of rotatable bonds is 4. The first-order valence-corrected chi connectivity index (χ1v) is 8.88. The predicted octanol–water partition coefficient (Wildman–Crippen LogP) is 2.87. The molecule has 0 radical (unpaired) electrons. The Hall–Kier alpha value is -2.87. The van der Waals surface area contributed by atoms with E-state index in [0.29, 0.717) is 21.5 Å². The standard InChI is InChI=1S/C18H18N4O3S/c1-9-12(4)26-17-15(9)18(25)22(21-20-17)10(2)16(24)19-14-7-5-6-13(8-14)11(3)23/h5-8,10H,1-4H3,(H,19,24). The number of benzene rings is 1. The predicted molar refractivity (Wildman–Crippen MR) is 101 cm³/mol. The number of anilines is 1. The van der Waals surface area contributed by atoms with Gasteiger partial charge in [-0.1, -0.05) is 17.3 Å². The number of amides is 1. The van der Waals surface area contributed by atoms with E-state index in [9.17, 15) is 14.4 Å². The van der Waals surface area contributed by atoms with E-state index >= 15 is 0 Å². The molecule has 1 aromatic carbocycles. The van der Waals surface area contributed by atoms with Gasteiger partial charge in [-0.05, 0) is 45.4 Å². The third-order valence-corrected chi connectivity index (χ3v) is 5.40. The second-order valence-corrected chi connectivity index (χ2v) is 7.31. The van der Waals surface area contributed by atoms with Crippen molar-refractivity contribution >= 4 is 38.9 Å². The molecular weight excluding hydrogens is 352 g/mol. The Morgan fingerprint density at radius 2 is 2.00 bits per heavy atom. The second-order valence-electron chi connectivity index (χ2n) is 6.10. The van der Waals surface area contributed by atoms with Crippen LogP contribution in [0.3, 0.4) is 0 Å². The zero-order valence-corrected chi connectivity index (χ0v) is 15.7. The minimum Gasteiger partial charge on any atom is -0.324 e. The highest BCUT2D eigenvalue weighted by Crippen LogP contribution is 2.25. The molecule has 0 spiro atoms. The first-order valence-electron chi connectivity index (χ1n) is 8.06. The quantitative estimate of drug-likeness (QED) is 0.713. The van der Waals surface area contributed by atoms with Crippen LogP contribution in [0.25, 0.3) is 10.2 Å². The topological polar surface area (TPSA) is 93.9 Å². The Labute approximate surface area is 153 Å². The van der Waals surface area contributed by atoms with E-state index in [1.165, 1.54) is 18.3 Å². The van der Waals surface area contributed by atoms with Gasteiger partial charge in [-0.25, -0.2) is 0 Å². The molecule has 0 aliphatic heterocycles. The molecule has 0 aliphatic rings. The molecule has 26 heavy (non-hydrogen) atoms. The Kier molecular flexibility index (Phi) is 4.69. The highest BCUT2D eigenvalue weighted by Gasteiger charge is 2.21. The lowest BCUT2D eigenvalue weighted by Crippen LogP contribution is -2.34. The number of aryl methyl sites for hydroxylation is 2. The number of Topliss-reactive ketones (excluding diaryl/α,β-unsaturated/α-hetero) is 1. The van der Waals surface area contributed by atoms with Crippen molar-refractivity contribution in [3.05, 3.63) is 50.6 Å². The van der Waals surface area contributed by atoms with Gasteiger partial charge >= 0.3 is 0 Å². The van der Waals surface area contributed by atoms with Crippen LogP contribution in [0.5, 0.6) is 0 Å². The fourth-order valence-corrected chi connectivity index (χ4v) is 3.57. The fraction of sp³-hybridized carbons (Fsp3) is 0.278. The van der Waals surface area contributed by atoms with E-state index < -0.39 is 11.9 Å². The summed E-state index contributed by atoms with van der Waals surface area (Å²) in [6, 6.07) is 5.79. The Morgan fingerprint density at radius 3 is 2.69 bits per heavy atom. The van der Waals surface area contributed by atoms with Crippen molar-refractivity contribution in [1.82, 2.24) is 15.0 Å². The second kappa shape index (κ2) is 6.80. The maximum absolute atomic E-state index is 12.7. The third kappa shape index (κ3) is 3.15. The zero-order chi connectivity index (χ0) is 19.0. The number of fused-ring (bicyclic) bond motifs is 1. The van der Waals surface area contributed by atoms with Crippen LogP contribution in [0, 0.1) is 13.8 Å². The first kappa shape index (κ1) is 17.9. The van der Waals surface area contributed by atoms with Gasteiger partial charge in [0, 0.05) is 16.1 Å². The SMILES string of the molecule is CC(=O)c1cccc(NC(=O)C(C)n2nnc3sc(C)c(C)c3c2=O)c1. The maximum atomic E-state index is 12.7. The molecular formula is C18H18N4O3S. The van der Waals surface area contributed by atoms with Crippen LogP contribution in [0.2, 0.25) is 0 Å². The van der Waals surface area contributed by atoms with Gasteiger partial charge in [0.25, 0.3) is 5.56 Å². The van der Waals surface area contributed by atoms with E-state index in [2.05, 4.69) is 15.6 Å². The average molecular weight is 370 g/mol. The molecule has 8 heteroatoms. The highest BCUT2D eigenvalue weighted by molar-refractivity contribution is 7.18. The monoisotopic (exact) mass is 370 g/mol. The molecule has 7 nitrogen and oxygen atoms in total. The summed E-state index contributed by atoms with van der Waals surface area (Å²) in [6.07, 6.45) is 0. The van der Waals surface area contributed by atoms with Crippen molar-refractivity contribution in [3.8, 4) is 0 Å². The molecule has 134 valence electrons. The van der Waals surface area contributed by atoms with Crippen LogP contribution in [0.1, 0.15) is 40.7 Å². The molecule has 1 unspecified atom stereocenters. The lowest BCUT2D eigenvalue weighted by molar-refractivity contribution is -0.119. The van der Waals surface area contributed by atoms with Gasteiger partial charge in [-0.3, -0.25) is 14.4 Å². The van der Waals surface area contributed by atoms with Gasteiger partial charge in [0.15, 0.2) is 10.6 Å². The Bertz CT molecular complexity index is 1080. The summed E-state index contributed by atoms with van der Waals surface area (Å²) >= 11 is 1.41. The molecule has 2 aromatic heterocycles. The number of hydrogen-bond donors (Lipinski definition) is 1. The van der Waals surface area contributed by atoms with Crippen molar-refractivity contribution in [3.63, 3.8) is 0 Å². The van der Waals surface area contributed by atoms with Crippen LogP contribution in [-0.2, 0) is 4.79 Å². The first-order chi connectivity index (χ1) is 12.3. The summed E-state index contributed by atoms with van der Waals surface area (Å²) in [6.45, 7) is 6.82. The Balaban J connectivity index is 1.92. The van der Waals surface area contributed by atoms with Gasteiger partial charge in [-0.2, -0.15) is 4.68 Å². The van der Waals surface area contributed by atoms with Gasteiger partial charge in [-0.15, -0.1) is 16.4 Å². The summed E-state index contributed by atoms with van der Waals surface area (Å²) in [5.74, 6) is -0.504. The Morgan fingerprint density at radius 1 is 1.27 bits per heavy atom. The van der Waals surface area contributed by atoms with E-state index in [1.54, 1.807) is 31.2 Å². The molecule has 1 N–H and O–H groups in total. The van der Waals surface area contributed by atoms with Crippen LogP contribution >= 0.6 is 11.3 Å². The summed E-state index contributed by atoms with van der Waals surface area (Å²) in [5, 5.41) is 11.2. The van der Waals surface area contributed by atoms with E-state index in [0.717, 1.165) is 15.1 Å². The van der Waals surface area contributed by atoms with E-state index in [4.69, 9.17) is 0 Å². The largest absolute Gasteiger partial charge is 0.324 e. The molecule has 3 aromatic rings. The molecule has 2 heterocycles. The molecule has 0 saturated carbocycles. The number of carbonyl (C=O) groups is 2. The lowest BCUT2D eigenvalue weighted by atomic mass is 10.1. The van der Waals surface area contributed by atoms with Gasteiger partial charge in [0.1, 0.15) is 6.04 Å². The molecule has 3 rings (SSSR count). The van der Waals surface area contributed by atoms with Gasteiger partial charge in [0.05, 0.1) is 5.39 Å². The molecule has 0 aliphatic carbocycles. The van der Waals surface area contributed by atoms with Crippen LogP contribution in [0.4, 0.5) is 5.69 Å². The minimum atomic E-state index is -0.847. The number of carbonyl (C=O) groups excluding carboxylic acids is 2. The summed E-state index contributed by atoms with van der Waals surface area (Å²) in [4.78, 5) is 38.3. The smallest absolute Gasteiger partial charge is 0.279 e. The number of nitrogens with zero attached hydrogens (tertiary/aromatic N) is 3. The highest BCUT2D eigenvalue weighted by atomic mass is 32.1. The number of hydrogen-bond acceptors (Lipinski definition) is 6. The molecule has 0 fully saturated rings. The van der Waals surface area contributed by atoms with Crippen LogP contribution in [-0.4, -0.2) is 26.7 Å². The lowest BCUT2D eigenvalue weighted by Gasteiger charge is -2.13. The maximum Gasteiger partial charge on any atom is 0.279 e. The van der Waals surface area contributed by atoms with Gasteiger partial charge in [0.2, 0.25) is 5.91 Å². The summed E-state index contributed by atoms with van der Waals surface area (Å²) < 4.78 is 1.09. The normalized spacial score (nSPS) is 12.2. The number of thiophene rings is 1. The average Bonchev–Trinajstić information content (AvgIpc) is 2.90. The molecule has 1 atom stereocenters. The fourth-order valence-electron chi connectivity index (χ4n) is 2.60. The van der Waals surface area contributed by atoms with E-state index in [-0.39, 0.29) is 11.3 Å². The van der Waals surface area contributed by atoms with Crippen LogP contribution < -0.4 is 10.9 Å². The van der Waals surface area contributed by atoms with Crippen molar-refractivity contribution in [2.24, 2.45) is 0 Å². The van der Waals surface area contributed by atoms with Crippen molar-refractivity contribution < 1.29 is 9.59 Å². The van der Waals surface area contributed by atoms with Crippen LogP contribution in [0.15, 0.2) is 29.1 Å². The van der Waals surface area contributed by atoms with E-state index in [1.807, 2.05) is 13.8 Å². The molecule has 0 bridgehead atoms. The van der Waals surface area contributed by atoms with Gasteiger partial charge < -0.3 is 5.32 Å². The molecule has 1 amide bonds. The summed E-state index contributed by atoms with van der Waals surface area (Å²) in [5.41, 5.74) is 1.51. The van der Waals surface area contributed by atoms with Crippen molar-refractivity contribution in [2.75, 3.05) is 5.32 Å². The minimum absolute atomic E-state index is 0.0926. The number of nitrogens with one attached hydrogen (secondary N) is 1. The van der Waals surface area contributed by atoms with Crippen molar-refractivity contribution in [2.45, 2.75) is 33.7 Å². The summed E-state index contributed by atoms with van der Waals surface area (Å²) in [7, 11) is 0.